The van der Waals surface area contributed by atoms with Crippen LogP contribution >= 0.6 is 11.6 Å². The number of β-amino-alcohol motifs (C(OH)–C–C–N with tert-alkyl or cyclic N) is 1. The Bertz CT molecular complexity index is 1860. The van der Waals surface area contributed by atoms with Crippen LogP contribution in [0.3, 0.4) is 0 Å². The summed E-state index contributed by atoms with van der Waals surface area (Å²) in [4.78, 5) is 52.6. The second-order valence-electron chi connectivity index (χ2n) is 12.6. The van der Waals surface area contributed by atoms with Crippen LogP contribution in [0.5, 0.6) is 0 Å². The van der Waals surface area contributed by atoms with Crippen molar-refractivity contribution in [3.63, 3.8) is 0 Å². The minimum atomic E-state index is -4.95. The van der Waals surface area contributed by atoms with Crippen LogP contribution in [0.2, 0.25) is 5.02 Å². The van der Waals surface area contributed by atoms with Gasteiger partial charge in [0.25, 0.3) is 24.2 Å². The van der Waals surface area contributed by atoms with Crippen molar-refractivity contribution in [2.45, 2.75) is 42.7 Å². The Morgan fingerprint density at radius 2 is 1.80 bits per heavy atom. The standard InChI is InChI=1S/C29H29ClF5N9O4.CH2O2/c1-42-19(16-11-44(21-5-28(21,31)32)41-23(16)29(33,34)35)7-37-24(42)25(46)38-12-2-3-13(17(30)4-12)26(47)43-9-14-15(10-43)22(14)40-27(48)39-18-6-36-8-20(18)45;2-1-3/h2-4,7,11,14-15,18,20-22,36,45H,5-6,8-10H2,1H3,(H,38,46)(H2,39,40,48);1H,(H,2,3)/t14?,15?,18-,20-,21?,22?;/m1./s1. The van der Waals surface area contributed by atoms with Crippen molar-refractivity contribution in [3.05, 3.63) is 52.7 Å². The van der Waals surface area contributed by atoms with Gasteiger partial charge in [-0.15, -0.1) is 0 Å². The molecule has 7 rings (SSSR count). The molecule has 1 aromatic carbocycles. The molecule has 3 aromatic rings. The summed E-state index contributed by atoms with van der Waals surface area (Å²) < 4.78 is 70.1. The fraction of sp³-hybridized carbons (Fsp3) is 0.467. The van der Waals surface area contributed by atoms with Gasteiger partial charge in [0, 0.05) is 69.4 Å². The van der Waals surface area contributed by atoms with E-state index < -0.39 is 47.8 Å². The zero-order valence-electron chi connectivity index (χ0n) is 26.5. The quantitative estimate of drug-likeness (QED) is 0.155. The van der Waals surface area contributed by atoms with Crippen LogP contribution in [0.15, 0.2) is 30.6 Å². The molecule has 4 heterocycles. The number of urea groups is 1. The van der Waals surface area contributed by atoms with Crippen molar-refractivity contribution in [2.24, 2.45) is 18.9 Å². The topological polar surface area (TPSA) is 196 Å². The number of likely N-dealkylation sites (tertiary alicyclic amines) is 1. The summed E-state index contributed by atoms with van der Waals surface area (Å²) in [5, 5.41) is 31.4. The molecule has 2 aliphatic heterocycles. The van der Waals surface area contributed by atoms with Gasteiger partial charge in [-0.25, -0.2) is 18.6 Å². The molecule has 2 aliphatic carbocycles. The SMILES string of the molecule is Cn1c(-c2cn(C3CC3(F)F)nc2C(F)(F)F)cnc1C(=O)Nc1ccc(C(=O)N2CC3C(C2)C3NC(=O)N[C@@H]2CNC[C@H]2O)c(Cl)c1.O=CO. The smallest absolute Gasteiger partial charge is 0.435 e. The number of carbonyl (C=O) groups is 4. The molecule has 2 saturated heterocycles. The fourth-order valence-corrected chi connectivity index (χ4v) is 6.77. The number of carboxylic acid groups (broad SMARTS) is 1. The number of halogens is 6. The normalized spacial score (nSPS) is 25.7. The average molecular weight is 744 g/mol. The van der Waals surface area contributed by atoms with Gasteiger partial charge in [0.05, 0.1) is 40.2 Å². The molecule has 274 valence electrons. The van der Waals surface area contributed by atoms with Gasteiger partial charge in [-0.2, -0.15) is 18.3 Å². The monoisotopic (exact) mass is 743 g/mol. The number of rotatable bonds is 7. The van der Waals surface area contributed by atoms with Crippen molar-refractivity contribution < 1.29 is 51.3 Å². The Balaban J connectivity index is 0.00000144. The van der Waals surface area contributed by atoms with Crippen molar-refractivity contribution in [1.82, 2.24) is 40.2 Å². The number of alkyl halides is 5. The van der Waals surface area contributed by atoms with Gasteiger partial charge in [-0.1, -0.05) is 11.6 Å². The Labute approximate surface area is 290 Å². The fourth-order valence-electron chi connectivity index (χ4n) is 6.51. The second kappa shape index (κ2) is 13.4. The van der Waals surface area contributed by atoms with E-state index in [1.807, 2.05) is 0 Å². The van der Waals surface area contributed by atoms with E-state index >= 15 is 0 Å². The lowest BCUT2D eigenvalue weighted by atomic mass is 10.1. The predicted octanol–water partition coefficient (Wildman–Crippen LogP) is 2.19. The largest absolute Gasteiger partial charge is 0.483 e. The summed E-state index contributed by atoms with van der Waals surface area (Å²) in [6, 6.07) is 1.94. The van der Waals surface area contributed by atoms with Gasteiger partial charge >= 0.3 is 12.2 Å². The van der Waals surface area contributed by atoms with Gasteiger partial charge in [0.1, 0.15) is 6.04 Å². The number of aromatic nitrogens is 4. The number of anilines is 1. The third-order valence-corrected chi connectivity index (χ3v) is 9.63. The zero-order valence-corrected chi connectivity index (χ0v) is 27.3. The van der Waals surface area contributed by atoms with Crippen LogP contribution in [0.1, 0.15) is 39.1 Å². The molecule has 5 atom stereocenters. The molecule has 0 radical (unpaired) electrons. The average Bonchev–Trinajstić information content (AvgIpc) is 3.50. The first-order valence-corrected chi connectivity index (χ1v) is 15.9. The Morgan fingerprint density at radius 1 is 1.14 bits per heavy atom. The number of nitrogens with zero attached hydrogens (tertiary/aromatic N) is 5. The van der Waals surface area contributed by atoms with Crippen molar-refractivity contribution in [3.8, 4) is 11.3 Å². The number of hydrogen-bond acceptors (Lipinski definition) is 8. The molecule has 6 N–H and O–H groups in total. The lowest BCUT2D eigenvalue weighted by molar-refractivity contribution is -0.141. The number of aliphatic hydroxyl groups excluding tert-OH is 1. The van der Waals surface area contributed by atoms with E-state index in [2.05, 4.69) is 31.3 Å². The summed E-state index contributed by atoms with van der Waals surface area (Å²) in [5.74, 6) is -4.38. The van der Waals surface area contributed by atoms with Gasteiger partial charge in [0.15, 0.2) is 11.5 Å². The number of nitrogens with one attached hydrogen (secondary N) is 4. The maximum Gasteiger partial charge on any atom is 0.435 e. The maximum atomic E-state index is 13.8. The number of imidazole rings is 1. The molecule has 4 aliphatic rings. The summed E-state index contributed by atoms with van der Waals surface area (Å²) in [6.45, 7) is 1.47. The second-order valence-corrected chi connectivity index (χ2v) is 13.1. The van der Waals surface area contributed by atoms with Gasteiger partial charge < -0.3 is 40.9 Å². The first kappa shape index (κ1) is 36.0. The first-order valence-electron chi connectivity index (χ1n) is 15.5. The molecule has 4 amide bonds. The van der Waals surface area contributed by atoms with Crippen molar-refractivity contribution >= 4 is 41.6 Å². The first-order chi connectivity index (χ1) is 24.0. The Morgan fingerprint density at radius 3 is 2.37 bits per heavy atom. The molecule has 51 heavy (non-hydrogen) atoms. The van der Waals surface area contributed by atoms with Crippen LogP contribution in [-0.2, 0) is 18.0 Å². The number of fused-ring (bicyclic) bond motifs is 1. The predicted molar refractivity (Wildman–Crippen MR) is 167 cm³/mol. The van der Waals surface area contributed by atoms with E-state index in [1.165, 1.54) is 25.2 Å². The van der Waals surface area contributed by atoms with Gasteiger partial charge in [-0.05, 0) is 18.2 Å². The van der Waals surface area contributed by atoms with Gasteiger partial charge in [0.2, 0.25) is 0 Å². The number of carbonyl (C=O) groups excluding carboxylic acids is 3. The third-order valence-electron chi connectivity index (χ3n) is 9.31. The van der Waals surface area contributed by atoms with E-state index in [4.69, 9.17) is 21.5 Å². The number of benzene rings is 1. The maximum absolute atomic E-state index is 13.8. The Hall–Kier alpha value is -4.82. The van der Waals surface area contributed by atoms with E-state index in [9.17, 15) is 41.4 Å². The van der Waals surface area contributed by atoms with Gasteiger partial charge in [-0.3, -0.25) is 19.1 Å². The summed E-state index contributed by atoms with van der Waals surface area (Å²) >= 11 is 6.42. The van der Waals surface area contributed by atoms with E-state index in [0.29, 0.717) is 30.9 Å². The van der Waals surface area contributed by atoms with E-state index in [0.717, 1.165) is 17.0 Å². The summed E-state index contributed by atoms with van der Waals surface area (Å²) in [5.41, 5.74) is -1.66. The number of piperidine rings is 1. The molecular formula is C30H31ClF5N9O6. The molecule has 0 bridgehead atoms. The summed E-state index contributed by atoms with van der Waals surface area (Å²) in [7, 11) is 1.31. The zero-order chi connectivity index (χ0) is 37.0. The number of hydrogen-bond donors (Lipinski definition) is 6. The summed E-state index contributed by atoms with van der Waals surface area (Å²) in [6.07, 6.45) is -4.33. The molecule has 3 unspecified atom stereocenters. The molecule has 4 fully saturated rings. The van der Waals surface area contributed by atoms with Crippen LogP contribution in [0.4, 0.5) is 32.4 Å². The number of aliphatic hydroxyl groups is 1. The van der Waals surface area contributed by atoms with Crippen LogP contribution in [0, 0.1) is 11.8 Å². The highest BCUT2D eigenvalue weighted by Gasteiger charge is 2.60. The number of amides is 4. The van der Waals surface area contributed by atoms with Crippen LogP contribution in [-0.4, -0.2) is 109 Å². The van der Waals surface area contributed by atoms with Crippen LogP contribution in [0.25, 0.3) is 11.3 Å². The molecular weight excluding hydrogens is 713 g/mol. The van der Waals surface area contributed by atoms with Crippen LogP contribution < -0.4 is 21.3 Å². The molecule has 21 heteroatoms. The van der Waals surface area contributed by atoms with E-state index in [-0.39, 0.29) is 70.1 Å². The van der Waals surface area contributed by atoms with Crippen molar-refractivity contribution in [2.75, 3.05) is 31.5 Å². The van der Waals surface area contributed by atoms with E-state index in [1.54, 1.807) is 4.90 Å². The lowest BCUT2D eigenvalue weighted by Gasteiger charge is -2.22. The molecule has 2 aromatic heterocycles. The Kier molecular flexibility index (Phi) is 9.44. The minimum absolute atomic E-state index is 0.0517. The molecule has 15 nitrogen and oxygen atoms in total. The highest BCUT2D eigenvalue weighted by Crippen LogP contribution is 2.53. The molecule has 2 saturated carbocycles. The highest BCUT2D eigenvalue weighted by molar-refractivity contribution is 6.34. The highest BCUT2D eigenvalue weighted by atomic mass is 35.5. The molecule has 0 spiro atoms. The lowest BCUT2D eigenvalue weighted by Crippen LogP contribution is -2.49. The third kappa shape index (κ3) is 7.20. The van der Waals surface area contributed by atoms with Crippen molar-refractivity contribution in [1.29, 1.82) is 0 Å². The minimum Gasteiger partial charge on any atom is -0.483 e.